The Bertz CT molecular complexity index is 1500. The van der Waals surface area contributed by atoms with E-state index < -0.39 is 24.1 Å². The van der Waals surface area contributed by atoms with Crippen LogP contribution in [0.2, 0.25) is 0 Å². The number of nitrogens with one attached hydrogen (secondary N) is 1. The number of nitrogens with zero attached hydrogens (tertiary/aromatic N) is 7. The van der Waals surface area contributed by atoms with Gasteiger partial charge in [0.15, 0.2) is 11.5 Å². The third-order valence-corrected chi connectivity index (χ3v) is 6.15. The average molecular weight is 484 g/mol. The number of imidazole rings is 1. The zero-order valence-electron chi connectivity index (χ0n) is 18.2. The van der Waals surface area contributed by atoms with E-state index in [2.05, 4.69) is 30.8 Å². The molecule has 1 amide bonds. The fourth-order valence-corrected chi connectivity index (χ4v) is 4.39. The van der Waals surface area contributed by atoms with Gasteiger partial charge >= 0.3 is 0 Å². The van der Waals surface area contributed by atoms with E-state index in [1.165, 1.54) is 6.07 Å². The molecule has 0 radical (unpaired) electrons. The van der Waals surface area contributed by atoms with E-state index >= 15 is 0 Å². The van der Waals surface area contributed by atoms with Crippen molar-refractivity contribution >= 4 is 22.9 Å². The SMILES string of the molecule is Cc1noc([C@@H](C)NC(=O)c2cc(-n3nncc3C(F)F)c3ncc(-c4ccc(C)s4)n3c2)n1. The van der Waals surface area contributed by atoms with Crippen LogP contribution in [0.15, 0.2) is 41.3 Å². The number of amides is 1. The number of carbonyl (C=O) groups is 1. The molecule has 5 aromatic heterocycles. The van der Waals surface area contributed by atoms with Gasteiger partial charge in [-0.1, -0.05) is 10.4 Å². The van der Waals surface area contributed by atoms with Gasteiger partial charge in [-0.15, -0.1) is 16.4 Å². The first-order valence-corrected chi connectivity index (χ1v) is 11.0. The second kappa shape index (κ2) is 8.41. The Hall–Kier alpha value is -4.00. The number of alkyl halides is 2. The van der Waals surface area contributed by atoms with Crippen LogP contribution < -0.4 is 5.32 Å². The molecule has 0 unspecified atom stereocenters. The minimum Gasteiger partial charge on any atom is -0.340 e. The lowest BCUT2D eigenvalue weighted by Crippen LogP contribution is -2.27. The number of fused-ring (bicyclic) bond motifs is 1. The highest BCUT2D eigenvalue weighted by atomic mass is 32.1. The quantitative estimate of drug-likeness (QED) is 0.386. The van der Waals surface area contributed by atoms with Crippen molar-refractivity contribution in [3.05, 3.63) is 64.6 Å². The van der Waals surface area contributed by atoms with Crippen molar-refractivity contribution in [2.24, 2.45) is 0 Å². The molecule has 174 valence electrons. The van der Waals surface area contributed by atoms with Gasteiger partial charge in [0.25, 0.3) is 12.3 Å². The second-order valence-corrected chi connectivity index (χ2v) is 8.90. The van der Waals surface area contributed by atoms with E-state index in [0.29, 0.717) is 17.2 Å². The van der Waals surface area contributed by atoms with Crippen molar-refractivity contribution < 1.29 is 18.1 Å². The summed E-state index contributed by atoms with van der Waals surface area (Å²) >= 11 is 1.55. The zero-order valence-corrected chi connectivity index (χ0v) is 19.0. The lowest BCUT2D eigenvalue weighted by Gasteiger charge is -2.13. The minimum absolute atomic E-state index is 0.196. The number of carbonyl (C=O) groups excluding carboxylic acids is 1. The third kappa shape index (κ3) is 3.83. The molecule has 0 bridgehead atoms. The number of hydrogen-bond donors (Lipinski definition) is 1. The largest absolute Gasteiger partial charge is 0.340 e. The van der Waals surface area contributed by atoms with Gasteiger partial charge in [-0.05, 0) is 39.0 Å². The first-order chi connectivity index (χ1) is 16.3. The number of pyridine rings is 1. The van der Waals surface area contributed by atoms with Crippen molar-refractivity contribution in [1.82, 2.24) is 39.8 Å². The smallest absolute Gasteiger partial charge is 0.282 e. The molecule has 5 heterocycles. The molecule has 0 aliphatic carbocycles. The molecule has 5 rings (SSSR count). The molecule has 0 spiro atoms. The summed E-state index contributed by atoms with van der Waals surface area (Å²) < 4.78 is 35.0. The van der Waals surface area contributed by atoms with Crippen molar-refractivity contribution in [3.63, 3.8) is 0 Å². The van der Waals surface area contributed by atoms with E-state index in [1.807, 2.05) is 19.1 Å². The van der Waals surface area contributed by atoms with Crippen molar-refractivity contribution in [2.75, 3.05) is 0 Å². The molecule has 10 nitrogen and oxygen atoms in total. The zero-order chi connectivity index (χ0) is 24.0. The summed E-state index contributed by atoms with van der Waals surface area (Å²) in [5.74, 6) is 0.229. The topological polar surface area (TPSA) is 116 Å². The fourth-order valence-electron chi connectivity index (χ4n) is 3.51. The predicted molar refractivity (Wildman–Crippen MR) is 118 cm³/mol. The van der Waals surface area contributed by atoms with Gasteiger partial charge in [0.1, 0.15) is 17.4 Å². The van der Waals surface area contributed by atoms with Gasteiger partial charge in [0.2, 0.25) is 5.89 Å². The van der Waals surface area contributed by atoms with Gasteiger partial charge in [-0.25, -0.2) is 18.4 Å². The van der Waals surface area contributed by atoms with Crippen LogP contribution in [0.5, 0.6) is 0 Å². The van der Waals surface area contributed by atoms with Gasteiger partial charge in [0, 0.05) is 11.1 Å². The normalized spacial score (nSPS) is 12.5. The molecule has 5 aromatic rings. The molecule has 1 atom stereocenters. The number of rotatable bonds is 6. The number of aromatic nitrogens is 7. The summed E-state index contributed by atoms with van der Waals surface area (Å²) in [7, 11) is 0. The molecule has 0 fully saturated rings. The number of halogens is 2. The minimum atomic E-state index is -2.82. The standard InChI is InChI=1S/C21H18F2N8O2S/c1-10-4-5-17(34-10)15-7-24-19-14(31-16(18(22)23)8-25-29-31)6-13(9-30(15)19)20(32)26-11(2)21-27-12(3)28-33-21/h4-9,11,18H,1-3H3,(H,26,32)/t11-/m1/s1. The molecule has 0 aliphatic rings. The van der Waals surface area contributed by atoms with Crippen LogP contribution in [0, 0.1) is 13.8 Å². The van der Waals surface area contributed by atoms with E-state index in [-0.39, 0.29) is 17.1 Å². The average Bonchev–Trinajstić information content (AvgIpc) is 3.59. The van der Waals surface area contributed by atoms with E-state index in [4.69, 9.17) is 4.52 Å². The Labute approximate surface area is 195 Å². The first kappa shape index (κ1) is 21.8. The summed E-state index contributed by atoms with van der Waals surface area (Å²) in [6, 6.07) is 4.79. The molecule has 0 saturated carbocycles. The Morgan fingerprint density at radius 1 is 1.24 bits per heavy atom. The van der Waals surface area contributed by atoms with Crippen LogP contribution >= 0.6 is 11.3 Å². The van der Waals surface area contributed by atoms with Gasteiger partial charge < -0.3 is 9.84 Å². The molecular weight excluding hydrogens is 466 g/mol. The molecule has 13 heteroatoms. The fraction of sp³-hybridized carbons (Fsp3) is 0.238. The summed E-state index contributed by atoms with van der Waals surface area (Å²) in [5.41, 5.74) is 1.05. The van der Waals surface area contributed by atoms with Gasteiger partial charge in [0.05, 0.1) is 28.5 Å². The molecule has 0 aromatic carbocycles. The van der Waals surface area contributed by atoms with Crippen LogP contribution in [-0.2, 0) is 0 Å². The maximum Gasteiger partial charge on any atom is 0.282 e. The maximum atomic E-state index is 13.6. The van der Waals surface area contributed by atoms with Crippen molar-refractivity contribution in [2.45, 2.75) is 33.2 Å². The van der Waals surface area contributed by atoms with Crippen molar-refractivity contribution in [3.8, 4) is 16.3 Å². The van der Waals surface area contributed by atoms with Gasteiger partial charge in [-0.3, -0.25) is 9.20 Å². The lowest BCUT2D eigenvalue weighted by molar-refractivity contribution is 0.0932. The molecule has 1 N–H and O–H groups in total. The maximum absolute atomic E-state index is 13.6. The number of thiophene rings is 1. The number of hydrogen-bond acceptors (Lipinski definition) is 8. The molecule has 34 heavy (non-hydrogen) atoms. The highest BCUT2D eigenvalue weighted by molar-refractivity contribution is 7.15. The third-order valence-electron chi connectivity index (χ3n) is 5.13. The van der Waals surface area contributed by atoms with E-state index in [0.717, 1.165) is 20.6 Å². The van der Waals surface area contributed by atoms with Crippen LogP contribution in [0.25, 0.3) is 21.9 Å². The highest BCUT2D eigenvalue weighted by Crippen LogP contribution is 2.31. The number of aryl methyl sites for hydroxylation is 2. The summed E-state index contributed by atoms with van der Waals surface area (Å²) in [4.78, 5) is 23.8. The van der Waals surface area contributed by atoms with Crippen LogP contribution in [0.4, 0.5) is 8.78 Å². The lowest BCUT2D eigenvalue weighted by atomic mass is 10.2. The van der Waals surface area contributed by atoms with Crippen LogP contribution in [0.3, 0.4) is 0 Å². The summed E-state index contributed by atoms with van der Waals surface area (Å²) in [5, 5.41) is 14.0. The van der Waals surface area contributed by atoms with Crippen molar-refractivity contribution in [1.29, 1.82) is 0 Å². The molecule has 0 saturated heterocycles. The highest BCUT2D eigenvalue weighted by Gasteiger charge is 2.23. The molecular formula is C21H18F2N8O2S. The first-order valence-electron chi connectivity index (χ1n) is 10.2. The van der Waals surface area contributed by atoms with Gasteiger partial charge in [-0.2, -0.15) is 4.98 Å². The Morgan fingerprint density at radius 3 is 2.74 bits per heavy atom. The second-order valence-electron chi connectivity index (χ2n) is 7.61. The van der Waals surface area contributed by atoms with E-state index in [1.54, 1.807) is 42.0 Å². The molecule has 0 aliphatic heterocycles. The van der Waals surface area contributed by atoms with Crippen LogP contribution in [-0.4, -0.2) is 40.4 Å². The Kier molecular flexibility index (Phi) is 5.40. The Morgan fingerprint density at radius 2 is 2.06 bits per heavy atom. The summed E-state index contributed by atoms with van der Waals surface area (Å²) in [6.45, 7) is 5.35. The van der Waals surface area contributed by atoms with E-state index in [9.17, 15) is 13.6 Å². The van der Waals surface area contributed by atoms with Crippen LogP contribution in [0.1, 0.15) is 52.0 Å². The Balaban J connectivity index is 1.64. The summed E-state index contributed by atoms with van der Waals surface area (Å²) in [6.07, 6.45) is 1.41. The predicted octanol–water partition coefficient (Wildman–Crippen LogP) is 4.07. The monoisotopic (exact) mass is 484 g/mol.